The molecule has 1 amide bonds. The zero-order chi connectivity index (χ0) is 21.9. The van der Waals surface area contributed by atoms with Gasteiger partial charge in [-0.05, 0) is 36.1 Å². The summed E-state index contributed by atoms with van der Waals surface area (Å²) in [5.74, 6) is 1.49. The second-order valence-electron chi connectivity index (χ2n) is 8.41. The van der Waals surface area contributed by atoms with E-state index in [4.69, 9.17) is 9.36 Å². The Balaban J connectivity index is 1.39. The lowest BCUT2D eigenvalue weighted by Crippen LogP contribution is -2.31. The number of oxime groups is 1. The van der Waals surface area contributed by atoms with Crippen molar-refractivity contribution < 1.29 is 14.2 Å². The van der Waals surface area contributed by atoms with E-state index in [-0.39, 0.29) is 11.9 Å². The molecule has 1 aliphatic carbocycles. The third kappa shape index (κ3) is 4.02. The van der Waals surface area contributed by atoms with E-state index in [0.29, 0.717) is 36.2 Å². The van der Waals surface area contributed by atoms with Crippen LogP contribution in [0.1, 0.15) is 66.1 Å². The van der Waals surface area contributed by atoms with Crippen LogP contribution in [0.5, 0.6) is 0 Å². The van der Waals surface area contributed by atoms with Crippen LogP contribution in [0.3, 0.4) is 0 Å². The third-order valence-corrected chi connectivity index (χ3v) is 6.34. The van der Waals surface area contributed by atoms with Gasteiger partial charge in [0.2, 0.25) is 5.89 Å². The first-order valence-electron chi connectivity index (χ1n) is 11.1. The van der Waals surface area contributed by atoms with E-state index in [1.165, 1.54) is 20.0 Å². The first-order chi connectivity index (χ1) is 15.7. The summed E-state index contributed by atoms with van der Waals surface area (Å²) in [6.07, 6.45) is 5.09. The summed E-state index contributed by atoms with van der Waals surface area (Å²) in [6.45, 7) is 0.380. The molecule has 0 bridgehead atoms. The van der Waals surface area contributed by atoms with Crippen molar-refractivity contribution >= 4 is 11.6 Å². The van der Waals surface area contributed by atoms with Crippen LogP contribution < -0.4 is 0 Å². The van der Waals surface area contributed by atoms with Gasteiger partial charge < -0.3 is 14.3 Å². The van der Waals surface area contributed by atoms with Gasteiger partial charge in [0, 0.05) is 17.9 Å². The molecule has 32 heavy (non-hydrogen) atoms. The second kappa shape index (κ2) is 8.94. The van der Waals surface area contributed by atoms with Crippen LogP contribution in [0.15, 0.2) is 64.3 Å². The zero-order valence-electron chi connectivity index (χ0n) is 18.1. The number of likely N-dealkylation sites (tertiary alicyclic amines) is 1. The van der Waals surface area contributed by atoms with Gasteiger partial charge in [-0.2, -0.15) is 4.98 Å². The average molecular weight is 431 g/mol. The number of amides is 1. The van der Waals surface area contributed by atoms with Crippen LogP contribution >= 0.6 is 0 Å². The second-order valence-corrected chi connectivity index (χ2v) is 8.41. The van der Waals surface area contributed by atoms with Gasteiger partial charge in [-0.3, -0.25) is 4.79 Å². The minimum absolute atomic E-state index is 0.0804. The van der Waals surface area contributed by atoms with Gasteiger partial charge >= 0.3 is 0 Å². The Hall–Kier alpha value is -3.48. The van der Waals surface area contributed by atoms with Crippen molar-refractivity contribution in [3.8, 4) is 11.1 Å². The summed E-state index contributed by atoms with van der Waals surface area (Å²) in [7, 11) is 1.52. The number of hydrogen-bond donors (Lipinski definition) is 0. The van der Waals surface area contributed by atoms with Crippen molar-refractivity contribution in [2.24, 2.45) is 5.16 Å². The molecule has 0 spiro atoms. The van der Waals surface area contributed by atoms with E-state index in [0.717, 1.165) is 29.7 Å². The zero-order valence-corrected chi connectivity index (χ0v) is 18.1. The molecule has 0 radical (unpaired) electrons. The van der Waals surface area contributed by atoms with Gasteiger partial charge in [0.1, 0.15) is 13.2 Å². The molecule has 1 unspecified atom stereocenters. The van der Waals surface area contributed by atoms with E-state index in [2.05, 4.69) is 27.4 Å². The normalized spacial score (nSPS) is 20.2. The molecule has 0 N–H and O–H groups in total. The minimum Gasteiger partial charge on any atom is -0.399 e. The summed E-state index contributed by atoms with van der Waals surface area (Å²) in [4.78, 5) is 24.9. The van der Waals surface area contributed by atoms with Gasteiger partial charge in [0.15, 0.2) is 5.82 Å². The highest BCUT2D eigenvalue weighted by atomic mass is 16.6. The first kappa shape index (κ1) is 20.4. The molecule has 1 atom stereocenters. The molecule has 2 aromatic carbocycles. The number of carbonyl (C=O) groups excluding carboxylic acids is 1. The largest absolute Gasteiger partial charge is 0.399 e. The maximum absolute atomic E-state index is 13.4. The molecule has 164 valence electrons. The van der Waals surface area contributed by atoms with Crippen LogP contribution in [-0.4, -0.2) is 40.3 Å². The van der Waals surface area contributed by atoms with Crippen molar-refractivity contribution in [2.45, 2.75) is 44.1 Å². The number of benzene rings is 2. The van der Waals surface area contributed by atoms with Crippen molar-refractivity contribution in [3.63, 3.8) is 0 Å². The molecule has 2 heterocycles. The van der Waals surface area contributed by atoms with Gasteiger partial charge in [-0.15, -0.1) is 0 Å². The molecular formula is C25H26N4O3. The van der Waals surface area contributed by atoms with Crippen molar-refractivity contribution in [2.75, 3.05) is 13.7 Å². The number of carbonyl (C=O) groups is 1. The fourth-order valence-electron chi connectivity index (χ4n) is 4.67. The predicted molar refractivity (Wildman–Crippen MR) is 120 cm³/mol. The topological polar surface area (TPSA) is 80.8 Å². The third-order valence-electron chi connectivity index (χ3n) is 6.34. The van der Waals surface area contributed by atoms with E-state index >= 15 is 0 Å². The maximum atomic E-state index is 13.4. The smallest absolute Gasteiger partial charge is 0.254 e. The van der Waals surface area contributed by atoms with Crippen LogP contribution in [0.2, 0.25) is 0 Å². The number of aromatic nitrogens is 2. The van der Waals surface area contributed by atoms with Crippen molar-refractivity contribution in [1.82, 2.24) is 15.0 Å². The molecule has 2 fully saturated rings. The first-order valence-corrected chi connectivity index (χ1v) is 11.1. The Kier molecular flexibility index (Phi) is 5.71. The Labute approximate surface area is 187 Å². The molecule has 1 saturated carbocycles. The van der Waals surface area contributed by atoms with Crippen LogP contribution in [0.4, 0.5) is 0 Å². The highest BCUT2D eigenvalue weighted by Crippen LogP contribution is 2.36. The van der Waals surface area contributed by atoms with Crippen LogP contribution in [0, 0.1) is 0 Å². The molecule has 5 rings (SSSR count). The van der Waals surface area contributed by atoms with E-state index < -0.39 is 0 Å². The summed E-state index contributed by atoms with van der Waals surface area (Å²) in [6, 6.07) is 17.5. The molecule has 1 aliphatic heterocycles. The van der Waals surface area contributed by atoms with Gasteiger partial charge in [-0.25, -0.2) is 0 Å². The van der Waals surface area contributed by atoms with Crippen LogP contribution in [0.25, 0.3) is 11.1 Å². The highest BCUT2D eigenvalue weighted by molar-refractivity contribution is 6.00. The summed E-state index contributed by atoms with van der Waals surface area (Å²) < 4.78 is 5.58. The molecule has 3 aromatic rings. The van der Waals surface area contributed by atoms with Crippen molar-refractivity contribution in [1.29, 1.82) is 0 Å². The summed E-state index contributed by atoms with van der Waals surface area (Å²) in [5, 5.41) is 8.34. The molecule has 1 aromatic heterocycles. The molecule has 1 saturated heterocycles. The lowest BCUT2D eigenvalue weighted by atomic mass is 10.0. The van der Waals surface area contributed by atoms with Gasteiger partial charge in [0.25, 0.3) is 5.91 Å². The number of rotatable bonds is 5. The Morgan fingerprint density at radius 2 is 1.78 bits per heavy atom. The van der Waals surface area contributed by atoms with Gasteiger partial charge in [-0.1, -0.05) is 65.6 Å². The van der Waals surface area contributed by atoms with Crippen molar-refractivity contribution in [3.05, 3.63) is 71.9 Å². The molecule has 2 aliphatic rings. The molecule has 7 heteroatoms. The predicted octanol–water partition coefficient (Wildman–Crippen LogP) is 4.98. The number of hydrogen-bond acceptors (Lipinski definition) is 6. The molecular weight excluding hydrogens is 404 g/mol. The highest BCUT2D eigenvalue weighted by Gasteiger charge is 2.38. The van der Waals surface area contributed by atoms with Crippen LogP contribution in [-0.2, 0) is 4.84 Å². The Morgan fingerprint density at radius 3 is 2.50 bits per heavy atom. The Bertz CT molecular complexity index is 1100. The summed E-state index contributed by atoms with van der Waals surface area (Å²) in [5.41, 5.74) is 3.60. The standard InChI is InChI=1S/C25H26N4O3/c1-31-27-21-15-22(23-26-24(32-28-23)19-9-5-6-10-19)29(16-21)25(30)20-13-11-18(12-14-20)17-7-3-2-4-8-17/h2-4,7-8,11-14,19,22H,5-6,9-10,15-16H2,1H3/b27-21+. The summed E-state index contributed by atoms with van der Waals surface area (Å²) >= 11 is 0. The maximum Gasteiger partial charge on any atom is 0.254 e. The quantitative estimate of drug-likeness (QED) is 0.533. The average Bonchev–Trinajstić information content (AvgIpc) is 3.60. The SMILES string of the molecule is CO/N=C1\CC(c2noc(C3CCCC3)n2)N(C(=O)c2ccc(-c3ccccc3)cc2)C1. The van der Waals surface area contributed by atoms with E-state index in [1.54, 1.807) is 4.90 Å². The fraction of sp³-hybridized carbons (Fsp3) is 0.360. The lowest BCUT2D eigenvalue weighted by Gasteiger charge is -2.21. The molecule has 7 nitrogen and oxygen atoms in total. The Morgan fingerprint density at radius 1 is 1.06 bits per heavy atom. The lowest BCUT2D eigenvalue weighted by molar-refractivity contribution is 0.0732. The number of nitrogens with zero attached hydrogens (tertiary/aromatic N) is 4. The van der Waals surface area contributed by atoms with Gasteiger partial charge in [0.05, 0.1) is 12.3 Å². The fourth-order valence-corrected chi connectivity index (χ4v) is 4.67. The minimum atomic E-state index is -0.316. The van der Waals surface area contributed by atoms with E-state index in [9.17, 15) is 4.79 Å². The van der Waals surface area contributed by atoms with E-state index in [1.807, 2.05) is 42.5 Å². The monoisotopic (exact) mass is 430 g/mol.